The number of carbonyl (C=O) groups is 1. The van der Waals surface area contributed by atoms with Gasteiger partial charge in [-0.15, -0.1) is 0 Å². The molecule has 1 aliphatic rings. The molecule has 4 rings (SSSR count). The van der Waals surface area contributed by atoms with Gasteiger partial charge in [-0.05, 0) is 48.6 Å². The van der Waals surface area contributed by atoms with E-state index in [-0.39, 0.29) is 17.1 Å². The molecule has 0 radical (unpaired) electrons. The van der Waals surface area contributed by atoms with E-state index in [0.717, 1.165) is 17.7 Å². The van der Waals surface area contributed by atoms with Gasteiger partial charge in [-0.1, -0.05) is 38.1 Å². The van der Waals surface area contributed by atoms with Gasteiger partial charge in [0.2, 0.25) is 5.76 Å². The molecule has 0 saturated carbocycles. The second-order valence-electron chi connectivity index (χ2n) is 8.52. The van der Waals surface area contributed by atoms with Crippen LogP contribution in [0.1, 0.15) is 54.4 Å². The van der Waals surface area contributed by atoms with E-state index < -0.39 is 6.04 Å². The summed E-state index contributed by atoms with van der Waals surface area (Å²) in [5.74, 6) is 1.13. The average molecular weight is 436 g/mol. The van der Waals surface area contributed by atoms with Crippen LogP contribution in [0.3, 0.4) is 0 Å². The first-order chi connectivity index (χ1) is 15.5. The van der Waals surface area contributed by atoms with Crippen LogP contribution in [0, 0.1) is 5.92 Å². The highest BCUT2D eigenvalue weighted by Crippen LogP contribution is 2.39. The SMILES string of the molecule is COCCCN1C(=O)c2oc3ccccc3c(=O)c2[C@@H]1c1cccc(OCCC(C)C)c1. The molecule has 1 atom stereocenters. The van der Waals surface area contributed by atoms with Gasteiger partial charge in [-0.25, -0.2) is 0 Å². The molecule has 6 heteroatoms. The van der Waals surface area contributed by atoms with Crippen LogP contribution in [0.2, 0.25) is 0 Å². The molecule has 0 unspecified atom stereocenters. The molecular formula is C26H29NO5. The lowest BCUT2D eigenvalue weighted by molar-refractivity contribution is 0.0707. The zero-order valence-corrected chi connectivity index (χ0v) is 18.8. The topological polar surface area (TPSA) is 69.0 Å². The van der Waals surface area contributed by atoms with Crippen molar-refractivity contribution >= 4 is 16.9 Å². The Labute approximate surface area is 187 Å². The fourth-order valence-electron chi connectivity index (χ4n) is 4.11. The highest BCUT2D eigenvalue weighted by molar-refractivity contribution is 5.99. The van der Waals surface area contributed by atoms with Gasteiger partial charge >= 0.3 is 0 Å². The van der Waals surface area contributed by atoms with Crippen molar-refractivity contribution in [3.8, 4) is 5.75 Å². The van der Waals surface area contributed by atoms with Crippen molar-refractivity contribution in [2.45, 2.75) is 32.7 Å². The molecule has 0 saturated heterocycles. The normalized spacial score (nSPS) is 15.6. The van der Waals surface area contributed by atoms with E-state index in [1.807, 2.05) is 24.3 Å². The smallest absolute Gasteiger partial charge is 0.290 e. The third-order valence-electron chi connectivity index (χ3n) is 5.76. The van der Waals surface area contributed by atoms with Crippen LogP contribution < -0.4 is 10.2 Å². The predicted octanol–water partition coefficient (Wildman–Crippen LogP) is 4.80. The van der Waals surface area contributed by atoms with E-state index in [1.54, 1.807) is 36.3 Å². The Hall–Kier alpha value is -3.12. The van der Waals surface area contributed by atoms with E-state index in [2.05, 4.69) is 13.8 Å². The molecular weight excluding hydrogens is 406 g/mol. The number of benzene rings is 2. The summed E-state index contributed by atoms with van der Waals surface area (Å²) < 4.78 is 17.1. The van der Waals surface area contributed by atoms with Crippen molar-refractivity contribution in [3.63, 3.8) is 0 Å². The third-order valence-corrected chi connectivity index (χ3v) is 5.76. The first kappa shape index (κ1) is 22.1. The number of fused-ring (bicyclic) bond motifs is 2. The molecule has 0 N–H and O–H groups in total. The quantitative estimate of drug-likeness (QED) is 0.452. The van der Waals surface area contributed by atoms with Gasteiger partial charge in [-0.2, -0.15) is 0 Å². The summed E-state index contributed by atoms with van der Waals surface area (Å²) in [6.07, 6.45) is 1.61. The first-order valence-corrected chi connectivity index (χ1v) is 11.1. The molecule has 1 aliphatic heterocycles. The fourth-order valence-corrected chi connectivity index (χ4v) is 4.11. The predicted molar refractivity (Wildman–Crippen MR) is 123 cm³/mol. The summed E-state index contributed by atoms with van der Waals surface area (Å²) >= 11 is 0. The summed E-state index contributed by atoms with van der Waals surface area (Å²) in [4.78, 5) is 28.5. The number of para-hydroxylation sites is 1. The zero-order valence-electron chi connectivity index (χ0n) is 18.8. The lowest BCUT2D eigenvalue weighted by Crippen LogP contribution is -2.31. The van der Waals surface area contributed by atoms with E-state index >= 15 is 0 Å². The molecule has 0 fully saturated rings. The van der Waals surface area contributed by atoms with Crippen LogP contribution in [-0.2, 0) is 4.74 Å². The Bertz CT molecular complexity index is 1170. The molecule has 6 nitrogen and oxygen atoms in total. The first-order valence-electron chi connectivity index (χ1n) is 11.1. The molecule has 3 aromatic rings. The van der Waals surface area contributed by atoms with Crippen molar-refractivity contribution in [1.82, 2.24) is 4.90 Å². The second-order valence-corrected chi connectivity index (χ2v) is 8.52. The molecule has 2 heterocycles. The molecule has 0 aliphatic carbocycles. The largest absolute Gasteiger partial charge is 0.494 e. The molecule has 0 bridgehead atoms. The van der Waals surface area contributed by atoms with Crippen LogP contribution in [0.4, 0.5) is 0 Å². The fraction of sp³-hybridized carbons (Fsp3) is 0.385. The van der Waals surface area contributed by atoms with Crippen LogP contribution in [-0.4, -0.2) is 37.7 Å². The van der Waals surface area contributed by atoms with Crippen molar-refractivity contribution in [2.24, 2.45) is 5.92 Å². The Morgan fingerprint density at radius 2 is 1.88 bits per heavy atom. The number of hydrogen-bond acceptors (Lipinski definition) is 5. The monoisotopic (exact) mass is 435 g/mol. The zero-order chi connectivity index (χ0) is 22.7. The maximum absolute atomic E-state index is 13.5. The van der Waals surface area contributed by atoms with Gasteiger partial charge in [0.15, 0.2) is 5.43 Å². The number of methoxy groups -OCH3 is 1. The van der Waals surface area contributed by atoms with Crippen molar-refractivity contribution in [1.29, 1.82) is 0 Å². The lowest BCUT2D eigenvalue weighted by atomic mass is 9.98. The number of amides is 1. The van der Waals surface area contributed by atoms with E-state index in [0.29, 0.717) is 48.6 Å². The van der Waals surface area contributed by atoms with Crippen molar-refractivity contribution in [2.75, 3.05) is 26.9 Å². The Kier molecular flexibility index (Phi) is 6.61. The number of carbonyl (C=O) groups excluding carboxylic acids is 1. The molecule has 2 aromatic carbocycles. The maximum atomic E-state index is 13.5. The van der Waals surface area contributed by atoms with Gasteiger partial charge in [0.05, 0.1) is 23.6 Å². The van der Waals surface area contributed by atoms with Gasteiger partial charge in [-0.3, -0.25) is 9.59 Å². The van der Waals surface area contributed by atoms with Gasteiger partial charge < -0.3 is 18.8 Å². The minimum absolute atomic E-state index is 0.127. The summed E-state index contributed by atoms with van der Waals surface area (Å²) in [5.41, 5.74) is 1.48. The van der Waals surface area contributed by atoms with E-state index in [4.69, 9.17) is 13.9 Å². The number of ether oxygens (including phenoxy) is 2. The Morgan fingerprint density at radius 1 is 1.06 bits per heavy atom. The third kappa shape index (κ3) is 4.28. The molecule has 0 spiro atoms. The van der Waals surface area contributed by atoms with Crippen molar-refractivity contribution < 1.29 is 18.7 Å². The molecule has 32 heavy (non-hydrogen) atoms. The standard InChI is InChI=1S/C26H29NO5/c1-17(2)12-15-31-19-9-6-8-18(16-19)23-22-24(28)20-10-4-5-11-21(20)32-25(22)26(29)27(23)13-7-14-30-3/h4-6,8-11,16-17,23H,7,12-15H2,1-3H3/t23-/m0/s1. The van der Waals surface area contributed by atoms with Crippen LogP contribution in [0.25, 0.3) is 11.0 Å². The number of hydrogen-bond donors (Lipinski definition) is 0. The van der Waals surface area contributed by atoms with E-state index in [9.17, 15) is 9.59 Å². The van der Waals surface area contributed by atoms with Crippen LogP contribution in [0.5, 0.6) is 5.75 Å². The summed E-state index contributed by atoms with van der Waals surface area (Å²) in [6.45, 7) is 5.90. The minimum atomic E-state index is -0.524. The highest BCUT2D eigenvalue weighted by Gasteiger charge is 2.42. The Balaban J connectivity index is 1.77. The van der Waals surface area contributed by atoms with Crippen LogP contribution >= 0.6 is 0 Å². The minimum Gasteiger partial charge on any atom is -0.494 e. The summed E-state index contributed by atoms with van der Waals surface area (Å²) in [5, 5.41) is 0.479. The van der Waals surface area contributed by atoms with Gasteiger partial charge in [0.1, 0.15) is 11.3 Å². The maximum Gasteiger partial charge on any atom is 0.290 e. The summed E-state index contributed by atoms with van der Waals surface area (Å²) in [6, 6.07) is 14.2. The highest BCUT2D eigenvalue weighted by atomic mass is 16.5. The van der Waals surface area contributed by atoms with Crippen LogP contribution in [0.15, 0.2) is 57.7 Å². The average Bonchev–Trinajstić information content (AvgIpc) is 3.06. The van der Waals surface area contributed by atoms with E-state index in [1.165, 1.54) is 0 Å². The molecule has 1 aromatic heterocycles. The molecule has 1 amide bonds. The Morgan fingerprint density at radius 3 is 2.66 bits per heavy atom. The summed E-state index contributed by atoms with van der Waals surface area (Å²) in [7, 11) is 1.63. The van der Waals surface area contributed by atoms with Gasteiger partial charge in [0.25, 0.3) is 5.91 Å². The second kappa shape index (κ2) is 9.57. The lowest BCUT2D eigenvalue weighted by Gasteiger charge is -2.25. The number of rotatable bonds is 9. The molecule has 168 valence electrons. The van der Waals surface area contributed by atoms with Crippen molar-refractivity contribution in [3.05, 3.63) is 75.6 Å². The number of nitrogens with zero attached hydrogens (tertiary/aromatic N) is 1. The van der Waals surface area contributed by atoms with Gasteiger partial charge in [0, 0.05) is 20.3 Å².